The maximum absolute atomic E-state index is 6.73. The minimum absolute atomic E-state index is 0.500. The maximum Gasteiger partial charge on any atom is 0.132 e. The van der Waals surface area contributed by atoms with E-state index >= 15 is 0 Å². The van der Waals surface area contributed by atoms with Crippen LogP contribution in [0, 0.1) is 0 Å². The summed E-state index contributed by atoms with van der Waals surface area (Å²) in [4.78, 5) is 5.17. The van der Waals surface area contributed by atoms with Crippen molar-refractivity contribution in [2.24, 2.45) is 0 Å². The first-order valence-corrected chi connectivity index (χ1v) is 22.6. The second-order valence-corrected chi connectivity index (χ2v) is 18.1. The van der Waals surface area contributed by atoms with Crippen molar-refractivity contribution in [1.29, 1.82) is 0 Å². The number of para-hydroxylation sites is 2. The number of rotatable bonds is 3. The lowest BCUT2D eigenvalue weighted by Gasteiger charge is -2.40. The minimum atomic E-state index is -0.592. The van der Waals surface area contributed by atoms with Crippen LogP contribution in [0.15, 0.2) is 234 Å². The van der Waals surface area contributed by atoms with Crippen LogP contribution in [0.25, 0.3) is 33.0 Å². The van der Waals surface area contributed by atoms with Crippen molar-refractivity contribution in [2.45, 2.75) is 20.6 Å². The summed E-state index contributed by atoms with van der Waals surface area (Å²) in [7, 11) is 0. The van der Waals surface area contributed by atoms with Gasteiger partial charge in [-0.3, -0.25) is 0 Å². The van der Waals surface area contributed by atoms with Gasteiger partial charge in [-0.2, -0.15) is 0 Å². The van der Waals surface area contributed by atoms with E-state index in [4.69, 9.17) is 4.74 Å². The molecule has 2 nitrogen and oxygen atoms in total. The molecule has 10 aromatic rings. The van der Waals surface area contributed by atoms with E-state index in [9.17, 15) is 0 Å². The normalized spacial score (nSPS) is 14.7. The molecule has 14 rings (SSSR count). The highest BCUT2D eigenvalue weighted by Crippen LogP contribution is 2.67. The molecule has 2 spiro atoms. The minimum Gasteiger partial charge on any atom is -0.457 e. The zero-order chi connectivity index (χ0) is 41.3. The molecule has 2 heterocycles. The Labute approximate surface area is 370 Å². The predicted octanol–water partition coefficient (Wildman–Crippen LogP) is 15.6. The molecule has 10 aromatic carbocycles. The molecule has 2 aliphatic heterocycles. The summed E-state index contributed by atoms with van der Waals surface area (Å²) in [5.41, 5.74) is 17.5. The fourth-order valence-electron chi connectivity index (χ4n) is 11.9. The number of anilines is 3. The molecule has 4 aliphatic rings. The number of benzene rings is 10. The Balaban J connectivity index is 1.11. The van der Waals surface area contributed by atoms with Gasteiger partial charge in [0.15, 0.2) is 0 Å². The van der Waals surface area contributed by atoms with Crippen molar-refractivity contribution in [3.8, 4) is 33.8 Å². The molecule has 63 heavy (non-hydrogen) atoms. The van der Waals surface area contributed by atoms with Gasteiger partial charge >= 0.3 is 0 Å². The molecular formula is C60H37NOS. The maximum atomic E-state index is 6.73. The van der Waals surface area contributed by atoms with Crippen LogP contribution in [0.1, 0.15) is 44.5 Å². The van der Waals surface area contributed by atoms with E-state index in [0.29, 0.717) is 0 Å². The van der Waals surface area contributed by atoms with Crippen molar-refractivity contribution in [1.82, 2.24) is 0 Å². The lowest BCUT2D eigenvalue weighted by molar-refractivity contribution is 0.436. The van der Waals surface area contributed by atoms with E-state index in [-0.39, 0.29) is 0 Å². The van der Waals surface area contributed by atoms with Gasteiger partial charge < -0.3 is 9.64 Å². The molecular weight excluding hydrogens is 783 g/mol. The predicted molar refractivity (Wildman–Crippen MR) is 257 cm³/mol. The lowest BCUT2D eigenvalue weighted by atomic mass is 9.66. The van der Waals surface area contributed by atoms with E-state index in [2.05, 4.69) is 229 Å². The van der Waals surface area contributed by atoms with Gasteiger partial charge in [0.25, 0.3) is 0 Å². The number of nitrogens with zero attached hydrogens (tertiary/aromatic N) is 1. The Morgan fingerprint density at radius 2 is 0.762 bits per heavy atom. The fraction of sp³-hybridized carbons (Fsp3) is 0.0333. The zero-order valence-electron chi connectivity index (χ0n) is 34.1. The Hall–Kier alpha value is -7.59. The average molecular weight is 820 g/mol. The lowest BCUT2D eigenvalue weighted by Crippen LogP contribution is -2.32. The van der Waals surface area contributed by atoms with Gasteiger partial charge in [0.05, 0.1) is 22.2 Å². The quantitative estimate of drug-likeness (QED) is 0.176. The van der Waals surface area contributed by atoms with Crippen LogP contribution in [-0.2, 0) is 10.8 Å². The molecule has 2 aliphatic carbocycles. The van der Waals surface area contributed by atoms with E-state index < -0.39 is 10.8 Å². The van der Waals surface area contributed by atoms with Gasteiger partial charge in [0.2, 0.25) is 0 Å². The zero-order valence-corrected chi connectivity index (χ0v) is 34.9. The van der Waals surface area contributed by atoms with Crippen LogP contribution in [0.2, 0.25) is 0 Å². The van der Waals surface area contributed by atoms with Crippen LogP contribution in [0.3, 0.4) is 0 Å². The van der Waals surface area contributed by atoms with Gasteiger partial charge in [0, 0.05) is 37.7 Å². The molecule has 0 atom stereocenters. The second-order valence-electron chi connectivity index (χ2n) is 17.0. The van der Waals surface area contributed by atoms with E-state index in [1.54, 1.807) is 0 Å². The van der Waals surface area contributed by atoms with Crippen molar-refractivity contribution < 1.29 is 4.74 Å². The monoisotopic (exact) mass is 819 g/mol. The average Bonchev–Trinajstić information content (AvgIpc) is 3.81. The van der Waals surface area contributed by atoms with Gasteiger partial charge in [-0.05, 0) is 104 Å². The third-order valence-electron chi connectivity index (χ3n) is 14.2. The molecule has 0 saturated heterocycles. The van der Waals surface area contributed by atoms with Gasteiger partial charge in [0.1, 0.15) is 11.5 Å². The van der Waals surface area contributed by atoms with Crippen LogP contribution in [0.4, 0.5) is 17.1 Å². The number of fused-ring (bicyclic) bond motifs is 19. The van der Waals surface area contributed by atoms with Gasteiger partial charge in [-0.15, -0.1) is 0 Å². The van der Waals surface area contributed by atoms with Crippen LogP contribution < -0.4 is 9.64 Å². The summed E-state index contributed by atoms with van der Waals surface area (Å²) in [6.45, 7) is 0. The molecule has 0 fully saturated rings. The molecule has 0 amide bonds. The number of ether oxygens (including phenoxy) is 1. The van der Waals surface area contributed by atoms with Crippen molar-refractivity contribution in [2.75, 3.05) is 4.90 Å². The number of hydrogen-bond acceptors (Lipinski definition) is 3. The molecule has 0 aromatic heterocycles. The summed E-state index contributed by atoms with van der Waals surface area (Å²) >= 11 is 1.89. The first-order valence-electron chi connectivity index (χ1n) is 21.8. The first kappa shape index (κ1) is 35.1. The van der Waals surface area contributed by atoms with E-state index in [0.717, 1.165) is 39.7 Å². The van der Waals surface area contributed by atoms with Crippen molar-refractivity contribution in [3.63, 3.8) is 0 Å². The smallest absolute Gasteiger partial charge is 0.132 e. The molecule has 294 valence electrons. The third kappa shape index (κ3) is 4.49. The molecule has 3 heteroatoms. The van der Waals surface area contributed by atoms with E-state index in [1.807, 2.05) is 11.8 Å². The Morgan fingerprint density at radius 3 is 1.33 bits per heavy atom. The second kappa shape index (κ2) is 13.0. The summed E-state index contributed by atoms with van der Waals surface area (Å²) in [6.07, 6.45) is 0. The summed E-state index contributed by atoms with van der Waals surface area (Å²) in [6, 6.07) is 83.4. The Kier molecular flexibility index (Phi) is 7.21. The SMILES string of the molecule is c1ccc2c(c1)Oc1ccccc1C21c2ccccc2-c2c(N(c3ccc4ccccc4c3)c3cccc4c3-c3ccccc3C43c4ccccc4Sc4ccccc43)cccc21. The molecule has 0 unspecified atom stereocenters. The largest absolute Gasteiger partial charge is 0.457 e. The molecule has 0 saturated carbocycles. The van der Waals surface area contributed by atoms with Crippen molar-refractivity contribution >= 4 is 39.6 Å². The standard InChI is InChI=1S/C60H37NOS/c1-2-18-39-37-40(36-35-38(39)17-1)61(51-29-15-27-49-57(51)41-19-3-5-21-43(41)59(49)45-23-7-11-31-53(45)62-54-32-12-8-24-46(54)59)52-30-16-28-50-58(52)42-20-4-6-22-44(42)60(50)47-25-9-13-33-55(47)63-56-34-14-10-26-48(56)60/h1-37H. The first-order chi connectivity index (χ1) is 31.3. The highest BCUT2D eigenvalue weighted by molar-refractivity contribution is 7.99. The molecule has 0 N–H and O–H groups in total. The Morgan fingerprint density at radius 1 is 0.333 bits per heavy atom. The summed E-state index contributed by atoms with van der Waals surface area (Å²) < 4.78 is 6.73. The highest BCUT2D eigenvalue weighted by Gasteiger charge is 2.53. The van der Waals surface area contributed by atoms with Crippen LogP contribution in [0.5, 0.6) is 11.5 Å². The highest BCUT2D eigenvalue weighted by atomic mass is 32.2. The van der Waals surface area contributed by atoms with Crippen molar-refractivity contribution in [3.05, 3.63) is 269 Å². The number of hydrogen-bond donors (Lipinski definition) is 0. The van der Waals surface area contributed by atoms with Crippen LogP contribution in [-0.4, -0.2) is 0 Å². The molecule has 0 bridgehead atoms. The third-order valence-corrected chi connectivity index (χ3v) is 15.3. The van der Waals surface area contributed by atoms with Crippen LogP contribution >= 0.6 is 11.8 Å². The van der Waals surface area contributed by atoms with Gasteiger partial charge in [-0.1, -0.05) is 188 Å². The Bertz CT molecular complexity index is 3280. The fourth-order valence-corrected chi connectivity index (χ4v) is 13.1. The van der Waals surface area contributed by atoms with Gasteiger partial charge in [-0.25, -0.2) is 0 Å². The van der Waals surface area contributed by atoms with E-state index in [1.165, 1.54) is 76.2 Å². The molecule has 0 radical (unpaired) electrons. The summed E-state index contributed by atoms with van der Waals surface area (Å²) in [5.74, 6) is 1.79. The summed E-state index contributed by atoms with van der Waals surface area (Å²) in [5, 5.41) is 2.42. The topological polar surface area (TPSA) is 12.5 Å².